The molecule has 1 aliphatic carbocycles. The van der Waals surface area contributed by atoms with E-state index in [9.17, 15) is 18.0 Å². The van der Waals surface area contributed by atoms with E-state index >= 15 is 0 Å². The van der Waals surface area contributed by atoms with Gasteiger partial charge in [-0.15, -0.1) is 0 Å². The highest BCUT2D eigenvalue weighted by Gasteiger charge is 2.30. The van der Waals surface area contributed by atoms with Gasteiger partial charge in [0.15, 0.2) is 5.82 Å². The number of carbonyl (C=O) groups excluding carboxylic acids is 1. The number of pyridine rings is 1. The smallest absolute Gasteiger partial charge is 0.272 e. The predicted molar refractivity (Wildman–Crippen MR) is 158 cm³/mol. The Morgan fingerprint density at radius 3 is 2.67 bits per heavy atom. The molecule has 1 amide bonds. The van der Waals surface area contributed by atoms with E-state index in [1.54, 1.807) is 23.9 Å². The zero-order chi connectivity index (χ0) is 26.6. The van der Waals surface area contributed by atoms with Crippen molar-refractivity contribution in [3.63, 3.8) is 0 Å². The normalized spacial score (nSPS) is 19.1. The van der Waals surface area contributed by atoms with E-state index in [2.05, 4.69) is 9.55 Å². The minimum absolute atomic E-state index is 0. The summed E-state index contributed by atoms with van der Waals surface area (Å²) in [5.74, 6) is 0.860. The molecule has 4 heterocycles. The number of hydrogen-bond donors (Lipinski definition) is 1. The molecule has 2 fully saturated rings. The minimum atomic E-state index is -2.70. The van der Waals surface area contributed by atoms with Crippen LogP contribution < -0.4 is 10.5 Å². The number of fused-ring (bicyclic) bond motifs is 2. The Morgan fingerprint density at radius 2 is 1.98 bits per heavy atom. The second-order valence-electron chi connectivity index (χ2n) is 10.3. The molecule has 4 aromatic rings. The predicted octanol–water partition coefficient (Wildman–Crippen LogP) is 4.38. The third kappa shape index (κ3) is 5.77. The second kappa shape index (κ2) is 11.9. The maximum Gasteiger partial charge on any atom is 0.272 e. The van der Waals surface area contributed by atoms with Gasteiger partial charge in [0.25, 0.3) is 12.3 Å². The van der Waals surface area contributed by atoms with Gasteiger partial charge in [-0.1, -0.05) is 0 Å². The molecule has 13 heteroatoms. The quantitative estimate of drug-likeness (QED) is 0.343. The summed E-state index contributed by atoms with van der Waals surface area (Å²) in [6.45, 7) is 0.114. The molecule has 1 saturated heterocycles. The van der Waals surface area contributed by atoms with Gasteiger partial charge in [-0.2, -0.15) is 27.0 Å². The van der Waals surface area contributed by atoms with E-state index in [0.29, 0.717) is 22.8 Å². The van der Waals surface area contributed by atoms with Crippen LogP contribution in [0.4, 0.5) is 13.2 Å². The standard InChI is InChI=1S/C27H29F3N6O2.2H2S/c1-34-24-20(33-26(34)21-8-16-3-2-6-32-25(16)36(21)11-15-4-5-15)7-17(9-22(24)38-14-23(29)30)27(37)35-12-18(28)10-19(31)13-35;;/h2-3,6-9,15,18-19,23H,4-5,10-14,31H2,1H3;2*1H2/t18-,19-;;/m0../s1. The molecule has 1 aliphatic heterocycles. The molecule has 1 aromatic carbocycles. The van der Waals surface area contributed by atoms with E-state index in [-0.39, 0.29) is 57.8 Å². The number of halogens is 3. The van der Waals surface area contributed by atoms with Crippen LogP contribution in [0.15, 0.2) is 36.5 Å². The summed E-state index contributed by atoms with van der Waals surface area (Å²) in [6, 6.07) is 8.47. The molecule has 8 nitrogen and oxygen atoms in total. The largest absolute Gasteiger partial charge is 0.485 e. The van der Waals surface area contributed by atoms with Crippen molar-refractivity contribution in [3.05, 3.63) is 42.1 Å². The number of ether oxygens (including phenoxy) is 1. The van der Waals surface area contributed by atoms with Crippen molar-refractivity contribution < 1.29 is 22.7 Å². The third-order valence-corrected chi connectivity index (χ3v) is 7.29. The number of aryl methyl sites for hydroxylation is 1. The second-order valence-corrected chi connectivity index (χ2v) is 10.3. The molecule has 3 aromatic heterocycles. The fraction of sp³-hybridized carbons (Fsp3) is 0.444. The Labute approximate surface area is 243 Å². The van der Waals surface area contributed by atoms with E-state index in [0.717, 1.165) is 36.1 Å². The highest BCUT2D eigenvalue weighted by molar-refractivity contribution is 7.59. The lowest BCUT2D eigenvalue weighted by Crippen LogP contribution is -2.50. The number of imidazole rings is 1. The van der Waals surface area contributed by atoms with Gasteiger partial charge in [0.05, 0.1) is 17.8 Å². The van der Waals surface area contributed by atoms with Crippen molar-refractivity contribution in [1.29, 1.82) is 0 Å². The van der Waals surface area contributed by atoms with Gasteiger partial charge < -0.3 is 24.5 Å². The summed E-state index contributed by atoms with van der Waals surface area (Å²) in [7, 11) is 1.80. The number of benzene rings is 1. The Bertz CT molecular complexity index is 1510. The van der Waals surface area contributed by atoms with E-state index < -0.39 is 31.2 Å². The average Bonchev–Trinajstić information content (AvgIpc) is 3.55. The number of alkyl halides is 3. The highest BCUT2D eigenvalue weighted by Crippen LogP contribution is 2.37. The van der Waals surface area contributed by atoms with Crippen LogP contribution in [0.3, 0.4) is 0 Å². The summed E-state index contributed by atoms with van der Waals surface area (Å²) in [6.07, 6.45) is 0.351. The Kier molecular flexibility index (Phi) is 8.96. The summed E-state index contributed by atoms with van der Waals surface area (Å²) in [5.41, 5.74) is 8.75. The molecule has 2 N–H and O–H groups in total. The molecule has 6 rings (SSSR count). The van der Waals surface area contributed by atoms with Crippen molar-refractivity contribution in [3.8, 4) is 17.3 Å². The first-order chi connectivity index (χ1) is 18.3. The zero-order valence-corrected chi connectivity index (χ0v) is 24.0. The maximum atomic E-state index is 14.2. The molecule has 0 unspecified atom stereocenters. The molecule has 2 atom stereocenters. The fourth-order valence-corrected chi connectivity index (χ4v) is 5.36. The van der Waals surface area contributed by atoms with Crippen LogP contribution in [-0.4, -0.2) is 68.2 Å². The summed E-state index contributed by atoms with van der Waals surface area (Å²) in [4.78, 5) is 24.1. The Hall–Kier alpha value is -2.90. The first-order valence-electron chi connectivity index (χ1n) is 12.8. The Balaban J connectivity index is 0.00000185. The number of nitrogens with zero attached hydrogens (tertiary/aromatic N) is 5. The van der Waals surface area contributed by atoms with E-state index in [1.165, 1.54) is 11.0 Å². The molecule has 1 saturated carbocycles. The molecule has 0 bridgehead atoms. The zero-order valence-electron chi connectivity index (χ0n) is 22.0. The number of amides is 1. The van der Waals surface area contributed by atoms with Gasteiger partial charge in [0.2, 0.25) is 0 Å². The van der Waals surface area contributed by atoms with Crippen molar-refractivity contribution in [2.24, 2.45) is 18.7 Å². The third-order valence-electron chi connectivity index (χ3n) is 7.29. The van der Waals surface area contributed by atoms with Crippen molar-refractivity contribution in [2.45, 2.75) is 44.4 Å². The lowest BCUT2D eigenvalue weighted by Gasteiger charge is -2.33. The number of piperidine rings is 1. The van der Waals surface area contributed by atoms with Gasteiger partial charge in [-0.3, -0.25) is 4.79 Å². The number of carbonyl (C=O) groups is 1. The number of aromatic nitrogens is 4. The molecule has 2 aliphatic rings. The minimum Gasteiger partial charge on any atom is -0.485 e. The lowest BCUT2D eigenvalue weighted by atomic mass is 10.0. The number of hydrogen-bond acceptors (Lipinski definition) is 5. The maximum absolute atomic E-state index is 14.2. The fourth-order valence-electron chi connectivity index (χ4n) is 5.36. The van der Waals surface area contributed by atoms with Gasteiger partial charge in [-0.25, -0.2) is 23.1 Å². The summed E-state index contributed by atoms with van der Waals surface area (Å²) in [5, 5.41) is 0.975. The highest BCUT2D eigenvalue weighted by atomic mass is 32.1. The Morgan fingerprint density at radius 1 is 1.20 bits per heavy atom. The van der Waals surface area contributed by atoms with Crippen LogP contribution in [0, 0.1) is 5.92 Å². The molecular formula is C27H33F3N6O2S2. The summed E-state index contributed by atoms with van der Waals surface area (Å²) >= 11 is 0. The molecule has 0 radical (unpaired) electrons. The number of nitrogens with two attached hydrogens (primary N) is 1. The van der Waals surface area contributed by atoms with Gasteiger partial charge in [0, 0.05) is 43.3 Å². The van der Waals surface area contributed by atoms with Crippen molar-refractivity contribution in [2.75, 3.05) is 19.7 Å². The van der Waals surface area contributed by atoms with E-state index in [1.807, 2.05) is 18.2 Å². The van der Waals surface area contributed by atoms with Gasteiger partial charge in [-0.05, 0) is 55.5 Å². The topological polar surface area (TPSA) is 91.2 Å². The molecule has 0 spiro atoms. The van der Waals surface area contributed by atoms with Crippen molar-refractivity contribution >= 4 is 55.0 Å². The number of rotatable bonds is 7. The monoisotopic (exact) mass is 594 g/mol. The average molecular weight is 595 g/mol. The van der Waals surface area contributed by atoms with Crippen LogP contribution in [-0.2, 0) is 13.6 Å². The lowest BCUT2D eigenvalue weighted by molar-refractivity contribution is 0.0606. The summed E-state index contributed by atoms with van der Waals surface area (Å²) < 4.78 is 49.9. The molecule has 216 valence electrons. The van der Waals surface area contributed by atoms with Crippen LogP contribution in [0.1, 0.15) is 29.6 Å². The molecular weight excluding hydrogens is 561 g/mol. The molecule has 40 heavy (non-hydrogen) atoms. The van der Waals surface area contributed by atoms with Gasteiger partial charge >= 0.3 is 0 Å². The van der Waals surface area contributed by atoms with Crippen LogP contribution >= 0.6 is 27.0 Å². The van der Waals surface area contributed by atoms with Crippen LogP contribution in [0.5, 0.6) is 5.75 Å². The first-order valence-corrected chi connectivity index (χ1v) is 12.8. The van der Waals surface area contributed by atoms with Gasteiger partial charge in [0.1, 0.15) is 29.7 Å². The first kappa shape index (κ1) is 30.1. The van der Waals surface area contributed by atoms with Crippen LogP contribution in [0.2, 0.25) is 0 Å². The van der Waals surface area contributed by atoms with Crippen LogP contribution in [0.25, 0.3) is 33.6 Å². The number of likely N-dealkylation sites (tertiary alicyclic amines) is 1. The van der Waals surface area contributed by atoms with E-state index in [4.69, 9.17) is 15.5 Å². The SMILES string of the molecule is Cn1c(-c2cc3cccnc3n2CC2CC2)nc2cc(C(=O)N3C[C@@H](N)C[C@H](F)C3)cc(OCC(F)F)c21.S.S. The van der Waals surface area contributed by atoms with Crippen molar-refractivity contribution in [1.82, 2.24) is 24.0 Å².